The number of nitrogens with one attached hydrogen (secondary N) is 1. The zero-order valence-corrected chi connectivity index (χ0v) is 14.7. The van der Waals surface area contributed by atoms with Gasteiger partial charge in [-0.1, -0.05) is 43.5 Å². The van der Waals surface area contributed by atoms with Gasteiger partial charge in [-0.25, -0.2) is 0 Å². The summed E-state index contributed by atoms with van der Waals surface area (Å²) in [6.45, 7) is 6.84. The summed E-state index contributed by atoms with van der Waals surface area (Å²) in [5, 5.41) is 3.65. The third kappa shape index (κ3) is 3.17. The second-order valence-corrected chi connectivity index (χ2v) is 7.28. The zero-order chi connectivity index (χ0) is 15.6. The van der Waals surface area contributed by atoms with Crippen LogP contribution in [0.5, 0.6) is 0 Å². The van der Waals surface area contributed by atoms with Crippen LogP contribution >= 0.6 is 0 Å². The van der Waals surface area contributed by atoms with Gasteiger partial charge in [-0.2, -0.15) is 0 Å². The first-order valence-electron chi connectivity index (χ1n) is 8.32. The van der Waals surface area contributed by atoms with Crippen LogP contribution in [-0.4, -0.2) is 31.6 Å². The van der Waals surface area contributed by atoms with Crippen molar-refractivity contribution in [2.24, 2.45) is 5.92 Å². The summed E-state index contributed by atoms with van der Waals surface area (Å²) < 4.78 is 0. The highest BCUT2D eigenvalue weighted by molar-refractivity contribution is 5.35. The van der Waals surface area contributed by atoms with Gasteiger partial charge in [0.25, 0.3) is 0 Å². The van der Waals surface area contributed by atoms with Crippen molar-refractivity contribution in [3.63, 3.8) is 0 Å². The van der Waals surface area contributed by atoms with Crippen LogP contribution in [0.4, 0.5) is 0 Å². The van der Waals surface area contributed by atoms with E-state index in [-0.39, 0.29) is 5.54 Å². The van der Waals surface area contributed by atoms with Gasteiger partial charge in [0, 0.05) is 5.54 Å². The van der Waals surface area contributed by atoms with Crippen molar-refractivity contribution in [3.8, 4) is 0 Å². The molecule has 3 atom stereocenters. The molecule has 1 aliphatic carbocycles. The summed E-state index contributed by atoms with van der Waals surface area (Å²) in [4.78, 5) is 2.48. The topological polar surface area (TPSA) is 15.3 Å². The molecule has 2 rings (SSSR count). The molecule has 0 aromatic heterocycles. The van der Waals surface area contributed by atoms with E-state index in [9.17, 15) is 0 Å². The summed E-state index contributed by atoms with van der Waals surface area (Å²) in [6, 6.07) is 7.30. The standard InChI is InChI=1S/C19H32N2/c1-14-9-10-17(16(3)12-14)18(20-4)19(21(5)6)11-7-8-15(2)13-19/h9-10,12,15,18,20H,7-8,11,13H2,1-6H3. The van der Waals surface area contributed by atoms with Gasteiger partial charge in [-0.05, 0) is 64.9 Å². The SMILES string of the molecule is CNC(c1ccc(C)cc1C)C1(N(C)C)CCCC(C)C1. The van der Waals surface area contributed by atoms with E-state index < -0.39 is 0 Å². The molecule has 0 aliphatic heterocycles. The van der Waals surface area contributed by atoms with Crippen LogP contribution in [0.3, 0.4) is 0 Å². The molecule has 2 heteroatoms. The van der Waals surface area contributed by atoms with Crippen molar-refractivity contribution in [2.45, 2.75) is 58.0 Å². The van der Waals surface area contributed by atoms with Crippen LogP contribution in [0.2, 0.25) is 0 Å². The fourth-order valence-electron chi connectivity index (χ4n) is 4.35. The van der Waals surface area contributed by atoms with E-state index in [1.807, 2.05) is 0 Å². The molecule has 0 amide bonds. The van der Waals surface area contributed by atoms with Crippen LogP contribution in [0, 0.1) is 19.8 Å². The Hall–Kier alpha value is -0.860. The van der Waals surface area contributed by atoms with Gasteiger partial charge in [0.15, 0.2) is 0 Å². The van der Waals surface area contributed by atoms with Crippen molar-refractivity contribution in [2.75, 3.05) is 21.1 Å². The summed E-state index contributed by atoms with van der Waals surface area (Å²) in [6.07, 6.45) is 5.27. The van der Waals surface area contributed by atoms with Crippen LogP contribution < -0.4 is 5.32 Å². The Morgan fingerprint density at radius 2 is 2.00 bits per heavy atom. The first kappa shape index (κ1) is 16.5. The predicted molar refractivity (Wildman–Crippen MR) is 91.8 cm³/mol. The number of rotatable bonds is 4. The Kier molecular flexibility index (Phi) is 5.11. The maximum absolute atomic E-state index is 3.65. The Morgan fingerprint density at radius 1 is 1.29 bits per heavy atom. The van der Waals surface area contributed by atoms with E-state index in [0.29, 0.717) is 6.04 Å². The highest BCUT2D eigenvalue weighted by atomic mass is 15.2. The number of benzene rings is 1. The smallest absolute Gasteiger partial charge is 0.0507 e. The van der Waals surface area contributed by atoms with E-state index in [1.165, 1.54) is 42.4 Å². The normalized spacial score (nSPS) is 27.9. The van der Waals surface area contributed by atoms with Crippen LogP contribution in [0.1, 0.15) is 55.3 Å². The molecule has 3 unspecified atom stereocenters. The van der Waals surface area contributed by atoms with Crippen molar-refractivity contribution in [3.05, 3.63) is 34.9 Å². The molecule has 0 heterocycles. The molecular weight excluding hydrogens is 256 g/mol. The first-order chi connectivity index (χ1) is 9.90. The fraction of sp³-hybridized carbons (Fsp3) is 0.684. The van der Waals surface area contributed by atoms with E-state index >= 15 is 0 Å². The minimum absolute atomic E-state index is 0.229. The summed E-state index contributed by atoms with van der Waals surface area (Å²) in [7, 11) is 6.63. The minimum atomic E-state index is 0.229. The van der Waals surface area contributed by atoms with Crippen molar-refractivity contribution in [1.29, 1.82) is 0 Å². The van der Waals surface area contributed by atoms with Crippen molar-refractivity contribution >= 4 is 0 Å². The van der Waals surface area contributed by atoms with E-state index in [1.54, 1.807) is 0 Å². The molecule has 1 aliphatic rings. The summed E-state index contributed by atoms with van der Waals surface area (Å²) in [5.74, 6) is 0.808. The number of likely N-dealkylation sites (N-methyl/N-ethyl adjacent to an activating group) is 2. The average molecular weight is 288 g/mol. The Labute approximate surface area is 130 Å². The van der Waals surface area contributed by atoms with E-state index in [4.69, 9.17) is 0 Å². The van der Waals surface area contributed by atoms with Crippen molar-refractivity contribution < 1.29 is 0 Å². The van der Waals surface area contributed by atoms with E-state index in [0.717, 1.165) is 5.92 Å². The molecule has 1 aromatic carbocycles. The van der Waals surface area contributed by atoms with Gasteiger partial charge >= 0.3 is 0 Å². The van der Waals surface area contributed by atoms with Gasteiger partial charge in [-0.15, -0.1) is 0 Å². The maximum atomic E-state index is 3.65. The second-order valence-electron chi connectivity index (χ2n) is 7.28. The molecule has 1 saturated carbocycles. The molecular formula is C19H32N2. The van der Waals surface area contributed by atoms with Crippen LogP contribution in [-0.2, 0) is 0 Å². The van der Waals surface area contributed by atoms with Gasteiger partial charge < -0.3 is 10.2 Å². The number of hydrogen-bond donors (Lipinski definition) is 1. The van der Waals surface area contributed by atoms with Gasteiger partial charge in [0.05, 0.1) is 6.04 Å². The third-order valence-electron chi connectivity index (χ3n) is 5.46. The lowest BCUT2D eigenvalue weighted by atomic mass is 9.69. The highest BCUT2D eigenvalue weighted by Gasteiger charge is 2.44. The lowest BCUT2D eigenvalue weighted by Gasteiger charge is -2.50. The Morgan fingerprint density at radius 3 is 2.52 bits per heavy atom. The quantitative estimate of drug-likeness (QED) is 0.898. The molecule has 0 bridgehead atoms. The van der Waals surface area contributed by atoms with E-state index in [2.05, 4.69) is 70.3 Å². The molecule has 1 N–H and O–H groups in total. The molecule has 118 valence electrons. The second kappa shape index (κ2) is 6.50. The maximum Gasteiger partial charge on any atom is 0.0507 e. The van der Waals surface area contributed by atoms with Crippen LogP contribution in [0.15, 0.2) is 18.2 Å². The average Bonchev–Trinajstić information content (AvgIpc) is 2.41. The largest absolute Gasteiger partial charge is 0.311 e. The van der Waals surface area contributed by atoms with Crippen molar-refractivity contribution in [1.82, 2.24) is 10.2 Å². The first-order valence-corrected chi connectivity index (χ1v) is 8.32. The molecule has 1 aromatic rings. The predicted octanol–water partition coefficient (Wildman–Crippen LogP) is 4.07. The molecule has 0 radical (unpaired) electrons. The molecule has 2 nitrogen and oxygen atoms in total. The summed E-state index contributed by atoms with van der Waals surface area (Å²) >= 11 is 0. The lowest BCUT2D eigenvalue weighted by Crippen LogP contribution is -2.55. The molecule has 0 saturated heterocycles. The van der Waals surface area contributed by atoms with Gasteiger partial charge in [0.1, 0.15) is 0 Å². The van der Waals surface area contributed by atoms with Gasteiger partial charge in [0.2, 0.25) is 0 Å². The van der Waals surface area contributed by atoms with Gasteiger partial charge in [-0.3, -0.25) is 0 Å². The molecule has 21 heavy (non-hydrogen) atoms. The number of hydrogen-bond acceptors (Lipinski definition) is 2. The third-order valence-corrected chi connectivity index (χ3v) is 5.46. The highest BCUT2D eigenvalue weighted by Crippen LogP contribution is 2.44. The molecule has 0 spiro atoms. The fourth-order valence-corrected chi connectivity index (χ4v) is 4.35. The summed E-state index contributed by atoms with van der Waals surface area (Å²) in [5.41, 5.74) is 4.45. The number of aryl methyl sites for hydroxylation is 2. The Balaban J connectivity index is 2.45. The number of nitrogens with zero attached hydrogens (tertiary/aromatic N) is 1. The van der Waals surface area contributed by atoms with Crippen LogP contribution in [0.25, 0.3) is 0 Å². The minimum Gasteiger partial charge on any atom is -0.311 e. The molecule has 1 fully saturated rings. The zero-order valence-electron chi connectivity index (χ0n) is 14.7. The lowest BCUT2D eigenvalue weighted by molar-refractivity contribution is 0.0391. The Bertz CT molecular complexity index is 480. The monoisotopic (exact) mass is 288 g/mol.